The highest BCUT2D eigenvalue weighted by Crippen LogP contribution is 2.20. The van der Waals surface area contributed by atoms with Crippen LogP contribution in [0.1, 0.15) is 66.7 Å². The summed E-state index contributed by atoms with van der Waals surface area (Å²) in [6.45, 7) is 5.49. The lowest BCUT2D eigenvalue weighted by molar-refractivity contribution is 0.0952. The molecule has 0 aromatic heterocycles. The van der Waals surface area contributed by atoms with Crippen LogP contribution < -0.4 is 15.4 Å². The summed E-state index contributed by atoms with van der Waals surface area (Å²) < 4.78 is 5.78. The van der Waals surface area contributed by atoms with Gasteiger partial charge in [0.15, 0.2) is 0 Å². The Balaban J connectivity index is 1.96. The van der Waals surface area contributed by atoms with Gasteiger partial charge in [0.1, 0.15) is 5.75 Å². The number of hydrogen-bond donors (Lipinski definition) is 2. The van der Waals surface area contributed by atoms with Crippen LogP contribution >= 0.6 is 0 Å². The maximum Gasteiger partial charge on any atom is 0.259 e. The van der Waals surface area contributed by atoms with Gasteiger partial charge >= 0.3 is 0 Å². The lowest BCUT2D eigenvalue weighted by Crippen LogP contribution is -2.24. The molecular formula is C23H30N2O3. The first kappa shape index (κ1) is 21.5. The lowest BCUT2D eigenvalue weighted by atomic mass is 10.1. The Morgan fingerprint density at radius 1 is 0.857 bits per heavy atom. The summed E-state index contributed by atoms with van der Waals surface area (Å²) in [6, 6.07) is 14.1. The summed E-state index contributed by atoms with van der Waals surface area (Å²) in [4.78, 5) is 24.7. The van der Waals surface area contributed by atoms with Crippen molar-refractivity contribution in [1.82, 2.24) is 5.32 Å². The Bertz CT molecular complexity index is 757. The van der Waals surface area contributed by atoms with Crippen molar-refractivity contribution in [3.05, 3.63) is 59.7 Å². The molecule has 28 heavy (non-hydrogen) atoms. The maximum absolute atomic E-state index is 12.6. The molecular weight excluding hydrogens is 352 g/mol. The van der Waals surface area contributed by atoms with Crippen LogP contribution in [-0.4, -0.2) is 25.0 Å². The molecule has 0 unspecified atom stereocenters. The van der Waals surface area contributed by atoms with E-state index in [4.69, 9.17) is 4.74 Å². The summed E-state index contributed by atoms with van der Waals surface area (Å²) in [5, 5.41) is 5.75. The zero-order valence-electron chi connectivity index (χ0n) is 16.8. The van der Waals surface area contributed by atoms with Crippen molar-refractivity contribution in [2.24, 2.45) is 0 Å². The lowest BCUT2D eigenvalue weighted by Gasteiger charge is -2.12. The van der Waals surface area contributed by atoms with E-state index >= 15 is 0 Å². The third kappa shape index (κ3) is 6.72. The van der Waals surface area contributed by atoms with Crippen molar-refractivity contribution in [2.75, 3.05) is 18.5 Å². The van der Waals surface area contributed by atoms with Crippen LogP contribution in [0, 0.1) is 0 Å². The van der Waals surface area contributed by atoms with Gasteiger partial charge in [-0.2, -0.15) is 0 Å². The van der Waals surface area contributed by atoms with Gasteiger partial charge < -0.3 is 15.4 Å². The number of anilines is 1. The molecule has 0 radical (unpaired) electrons. The Morgan fingerprint density at radius 2 is 1.57 bits per heavy atom. The molecule has 0 saturated heterocycles. The number of rotatable bonds is 11. The summed E-state index contributed by atoms with van der Waals surface area (Å²) in [5.41, 5.74) is 1.71. The molecule has 0 aliphatic rings. The Labute approximate surface area is 167 Å². The van der Waals surface area contributed by atoms with Crippen molar-refractivity contribution in [2.45, 2.75) is 46.0 Å². The van der Waals surface area contributed by atoms with E-state index in [1.165, 1.54) is 0 Å². The number of nitrogens with one attached hydrogen (secondary N) is 2. The second-order valence-electron chi connectivity index (χ2n) is 6.69. The molecule has 0 heterocycles. The first-order valence-corrected chi connectivity index (χ1v) is 10.1. The molecule has 2 aromatic rings. The maximum atomic E-state index is 12.6. The molecule has 0 spiro atoms. The van der Waals surface area contributed by atoms with Crippen molar-refractivity contribution in [1.29, 1.82) is 0 Å². The van der Waals surface area contributed by atoms with E-state index in [2.05, 4.69) is 24.5 Å². The molecule has 0 saturated carbocycles. The summed E-state index contributed by atoms with van der Waals surface area (Å²) in [7, 11) is 0. The zero-order chi connectivity index (χ0) is 20.2. The predicted octanol–water partition coefficient (Wildman–Crippen LogP) is 5.04. The van der Waals surface area contributed by atoms with Gasteiger partial charge in [0, 0.05) is 17.8 Å². The second-order valence-corrected chi connectivity index (χ2v) is 6.69. The van der Waals surface area contributed by atoms with E-state index in [-0.39, 0.29) is 11.8 Å². The minimum atomic E-state index is -0.230. The van der Waals surface area contributed by atoms with Gasteiger partial charge in [-0.25, -0.2) is 0 Å². The molecule has 2 amide bonds. The number of carbonyl (C=O) groups is 2. The van der Waals surface area contributed by atoms with Gasteiger partial charge in [0.2, 0.25) is 0 Å². The largest absolute Gasteiger partial charge is 0.493 e. The van der Waals surface area contributed by atoms with Crippen LogP contribution in [0.5, 0.6) is 5.75 Å². The number of unbranched alkanes of at least 4 members (excludes halogenated alkanes) is 3. The van der Waals surface area contributed by atoms with Gasteiger partial charge in [0.25, 0.3) is 11.8 Å². The Kier molecular flexibility index (Phi) is 9.05. The summed E-state index contributed by atoms with van der Waals surface area (Å²) >= 11 is 0. The number of carbonyl (C=O) groups excluding carboxylic acids is 2. The molecule has 5 nitrogen and oxygen atoms in total. The Morgan fingerprint density at radius 3 is 2.29 bits per heavy atom. The summed E-state index contributed by atoms with van der Waals surface area (Å²) in [6.07, 6.45) is 5.19. The molecule has 0 fully saturated rings. The minimum absolute atomic E-state index is 0.0999. The van der Waals surface area contributed by atoms with Crippen LogP contribution in [0.2, 0.25) is 0 Å². The van der Waals surface area contributed by atoms with Gasteiger partial charge in [-0.1, -0.05) is 45.2 Å². The fourth-order valence-corrected chi connectivity index (χ4v) is 2.70. The quantitative estimate of drug-likeness (QED) is 0.535. The van der Waals surface area contributed by atoms with Crippen LogP contribution in [0.3, 0.4) is 0 Å². The third-order valence-electron chi connectivity index (χ3n) is 4.36. The molecule has 0 aliphatic heterocycles. The van der Waals surface area contributed by atoms with E-state index in [1.54, 1.807) is 30.3 Å². The SMILES string of the molecule is CCCCCOc1ccccc1C(=O)Nc1ccc(C(=O)NCCCC)cc1. The highest BCUT2D eigenvalue weighted by atomic mass is 16.5. The smallest absolute Gasteiger partial charge is 0.259 e. The predicted molar refractivity (Wildman–Crippen MR) is 113 cm³/mol. The molecule has 0 atom stereocenters. The van der Waals surface area contributed by atoms with Crippen LogP contribution in [0.4, 0.5) is 5.69 Å². The average Bonchev–Trinajstić information content (AvgIpc) is 2.72. The molecule has 2 aromatic carbocycles. The highest BCUT2D eigenvalue weighted by molar-refractivity contribution is 6.06. The highest BCUT2D eigenvalue weighted by Gasteiger charge is 2.13. The number of para-hydroxylation sites is 1. The third-order valence-corrected chi connectivity index (χ3v) is 4.36. The normalized spacial score (nSPS) is 10.4. The molecule has 150 valence electrons. The van der Waals surface area contributed by atoms with Gasteiger partial charge in [-0.15, -0.1) is 0 Å². The van der Waals surface area contributed by atoms with Gasteiger partial charge in [-0.05, 0) is 49.2 Å². The van der Waals surface area contributed by atoms with Crippen LogP contribution in [0.15, 0.2) is 48.5 Å². The second kappa shape index (κ2) is 11.8. The molecule has 2 N–H and O–H groups in total. The zero-order valence-corrected chi connectivity index (χ0v) is 16.8. The van der Waals surface area contributed by atoms with Crippen molar-refractivity contribution >= 4 is 17.5 Å². The molecule has 0 bridgehead atoms. The molecule has 0 aliphatic carbocycles. The minimum Gasteiger partial charge on any atom is -0.493 e. The average molecular weight is 383 g/mol. The van der Waals surface area contributed by atoms with E-state index in [0.717, 1.165) is 32.1 Å². The van der Waals surface area contributed by atoms with Gasteiger partial charge in [-0.3, -0.25) is 9.59 Å². The van der Waals surface area contributed by atoms with Crippen molar-refractivity contribution in [3.63, 3.8) is 0 Å². The van der Waals surface area contributed by atoms with E-state index in [0.29, 0.717) is 35.7 Å². The van der Waals surface area contributed by atoms with Gasteiger partial charge in [0.05, 0.1) is 12.2 Å². The van der Waals surface area contributed by atoms with Crippen LogP contribution in [0.25, 0.3) is 0 Å². The molecule has 5 heteroatoms. The first-order chi connectivity index (χ1) is 13.7. The number of amides is 2. The summed E-state index contributed by atoms with van der Waals surface area (Å²) in [5.74, 6) is 0.256. The van der Waals surface area contributed by atoms with E-state index < -0.39 is 0 Å². The fourth-order valence-electron chi connectivity index (χ4n) is 2.70. The monoisotopic (exact) mass is 382 g/mol. The first-order valence-electron chi connectivity index (χ1n) is 10.1. The van der Waals surface area contributed by atoms with E-state index in [9.17, 15) is 9.59 Å². The van der Waals surface area contributed by atoms with Crippen LogP contribution in [-0.2, 0) is 0 Å². The molecule has 2 rings (SSSR count). The fraction of sp³-hybridized carbons (Fsp3) is 0.391. The number of ether oxygens (including phenoxy) is 1. The van der Waals surface area contributed by atoms with Crippen molar-refractivity contribution in [3.8, 4) is 5.75 Å². The number of benzene rings is 2. The van der Waals surface area contributed by atoms with Crippen molar-refractivity contribution < 1.29 is 14.3 Å². The number of hydrogen-bond acceptors (Lipinski definition) is 3. The standard InChI is InChI=1S/C23H30N2O3/c1-3-5-9-17-28-21-11-8-7-10-20(21)23(27)25-19-14-12-18(13-15-19)22(26)24-16-6-4-2/h7-8,10-15H,3-6,9,16-17H2,1-2H3,(H,24,26)(H,25,27). The topological polar surface area (TPSA) is 67.4 Å². The Hall–Kier alpha value is -2.82. The van der Waals surface area contributed by atoms with E-state index in [1.807, 2.05) is 18.2 Å².